The summed E-state index contributed by atoms with van der Waals surface area (Å²) in [5, 5.41) is 3.35. The van der Waals surface area contributed by atoms with Gasteiger partial charge in [0.1, 0.15) is 5.82 Å². The molecule has 0 bridgehead atoms. The molecule has 1 aliphatic rings. The zero-order valence-corrected chi connectivity index (χ0v) is 20.0. The molecule has 178 valence electrons. The van der Waals surface area contributed by atoms with Gasteiger partial charge >= 0.3 is 0 Å². The molecule has 1 aromatic heterocycles. The Balaban J connectivity index is 1.33. The molecule has 0 spiro atoms. The summed E-state index contributed by atoms with van der Waals surface area (Å²) in [4.78, 5) is 9.46. The zero-order chi connectivity index (χ0) is 24.0. The molecule has 0 amide bonds. The van der Waals surface area contributed by atoms with E-state index in [0.29, 0.717) is 17.9 Å². The van der Waals surface area contributed by atoms with Crippen molar-refractivity contribution < 1.29 is 9.13 Å². The van der Waals surface area contributed by atoms with Crippen molar-refractivity contribution in [2.45, 2.75) is 38.0 Å². The molecule has 35 heavy (non-hydrogen) atoms. The van der Waals surface area contributed by atoms with Crippen LogP contribution in [0.15, 0.2) is 79.0 Å². The second kappa shape index (κ2) is 10.8. The quantitative estimate of drug-likeness (QED) is 0.267. The normalized spacial score (nSPS) is 14.3. The highest BCUT2D eigenvalue weighted by molar-refractivity contribution is 5.73. The molecule has 0 saturated carbocycles. The minimum Gasteiger partial charge on any atom is -0.385 e. The third-order valence-electron chi connectivity index (χ3n) is 6.68. The first-order valence-corrected chi connectivity index (χ1v) is 12.3. The lowest BCUT2D eigenvalue weighted by molar-refractivity contribution is 0.192. The monoisotopic (exact) mass is 467 g/mol. The summed E-state index contributed by atoms with van der Waals surface area (Å²) in [6.45, 7) is 0.831. The van der Waals surface area contributed by atoms with Crippen LogP contribution in [0.5, 0.6) is 0 Å². The molecule has 5 heteroatoms. The van der Waals surface area contributed by atoms with E-state index in [-0.39, 0.29) is 11.7 Å². The van der Waals surface area contributed by atoms with Gasteiger partial charge in [0, 0.05) is 37.1 Å². The second-order valence-corrected chi connectivity index (χ2v) is 9.06. The number of hydrogen-bond acceptors (Lipinski definition) is 4. The van der Waals surface area contributed by atoms with Gasteiger partial charge in [-0.05, 0) is 66.1 Å². The molecule has 1 N–H and O–H groups in total. The van der Waals surface area contributed by atoms with E-state index in [1.807, 2.05) is 30.5 Å². The van der Waals surface area contributed by atoms with Crippen molar-refractivity contribution >= 4 is 11.6 Å². The lowest BCUT2D eigenvalue weighted by Crippen LogP contribution is -2.16. The molecule has 3 aromatic carbocycles. The van der Waals surface area contributed by atoms with Crippen LogP contribution in [-0.2, 0) is 17.6 Å². The summed E-state index contributed by atoms with van der Waals surface area (Å²) < 4.78 is 19.8. The van der Waals surface area contributed by atoms with Crippen LogP contribution in [0.3, 0.4) is 0 Å². The summed E-state index contributed by atoms with van der Waals surface area (Å²) >= 11 is 0. The van der Waals surface area contributed by atoms with Crippen molar-refractivity contribution in [2.24, 2.45) is 0 Å². The molecule has 1 heterocycles. The van der Waals surface area contributed by atoms with Crippen molar-refractivity contribution in [2.75, 3.05) is 19.0 Å². The Morgan fingerprint density at radius 2 is 1.69 bits per heavy atom. The Morgan fingerprint density at radius 1 is 0.914 bits per heavy atom. The maximum absolute atomic E-state index is 14.7. The number of aryl methyl sites for hydroxylation is 1. The van der Waals surface area contributed by atoms with Crippen LogP contribution in [0.25, 0.3) is 11.3 Å². The number of unbranched alkanes of at least 4 members (excludes halogenated alkanes) is 2. The van der Waals surface area contributed by atoms with Gasteiger partial charge in [-0.15, -0.1) is 0 Å². The first-order valence-electron chi connectivity index (χ1n) is 12.3. The third kappa shape index (κ3) is 5.25. The van der Waals surface area contributed by atoms with Crippen LogP contribution in [0.2, 0.25) is 0 Å². The zero-order valence-electron chi connectivity index (χ0n) is 20.0. The molecular formula is C30H30FN3O. The Bertz CT molecular complexity index is 1290. The summed E-state index contributed by atoms with van der Waals surface area (Å²) in [5.41, 5.74) is 7.09. The lowest BCUT2D eigenvalue weighted by atomic mass is 9.78. The number of anilines is 2. The van der Waals surface area contributed by atoms with E-state index in [2.05, 4.69) is 46.7 Å². The Hall–Kier alpha value is -3.57. The minimum atomic E-state index is -0.173. The molecule has 0 unspecified atom stereocenters. The van der Waals surface area contributed by atoms with E-state index in [9.17, 15) is 4.39 Å². The number of methoxy groups -OCH3 is 1. The molecular weight excluding hydrogens is 437 g/mol. The molecule has 1 atom stereocenters. The van der Waals surface area contributed by atoms with Gasteiger partial charge in [0.25, 0.3) is 0 Å². The Kier molecular flexibility index (Phi) is 7.15. The van der Waals surface area contributed by atoms with Gasteiger partial charge in [0.2, 0.25) is 5.95 Å². The van der Waals surface area contributed by atoms with Crippen LogP contribution in [0.4, 0.5) is 16.0 Å². The summed E-state index contributed by atoms with van der Waals surface area (Å²) in [5.74, 6) is 0.341. The number of halogens is 1. The predicted octanol–water partition coefficient (Wildman–Crippen LogP) is 7.07. The summed E-state index contributed by atoms with van der Waals surface area (Å²) in [7, 11) is 1.75. The Labute approximate surface area is 206 Å². The summed E-state index contributed by atoms with van der Waals surface area (Å²) in [6, 6.07) is 23.7. The minimum absolute atomic E-state index is 0.0515. The number of aromatic nitrogens is 2. The average molecular weight is 468 g/mol. The van der Waals surface area contributed by atoms with Crippen LogP contribution in [0, 0.1) is 5.82 Å². The fourth-order valence-electron chi connectivity index (χ4n) is 4.87. The Morgan fingerprint density at radius 3 is 2.49 bits per heavy atom. The van der Waals surface area contributed by atoms with Gasteiger partial charge in [-0.2, -0.15) is 0 Å². The van der Waals surface area contributed by atoms with E-state index in [4.69, 9.17) is 9.72 Å². The molecule has 1 aliphatic carbocycles. The maximum atomic E-state index is 14.7. The van der Waals surface area contributed by atoms with Gasteiger partial charge in [-0.25, -0.2) is 14.4 Å². The second-order valence-electron chi connectivity index (χ2n) is 9.06. The molecule has 0 fully saturated rings. The third-order valence-corrected chi connectivity index (χ3v) is 6.68. The average Bonchev–Trinajstić information content (AvgIpc) is 2.89. The van der Waals surface area contributed by atoms with E-state index in [0.717, 1.165) is 53.9 Å². The maximum Gasteiger partial charge on any atom is 0.227 e. The fraction of sp³-hybridized carbons (Fsp3) is 0.267. The van der Waals surface area contributed by atoms with E-state index >= 15 is 0 Å². The molecule has 4 nitrogen and oxygen atoms in total. The number of rotatable bonds is 9. The van der Waals surface area contributed by atoms with Gasteiger partial charge in [0.15, 0.2) is 0 Å². The van der Waals surface area contributed by atoms with Crippen molar-refractivity contribution in [1.82, 2.24) is 9.97 Å². The van der Waals surface area contributed by atoms with Crippen molar-refractivity contribution in [3.05, 3.63) is 107 Å². The number of nitrogens with one attached hydrogen (secondary N) is 1. The van der Waals surface area contributed by atoms with Crippen LogP contribution >= 0.6 is 0 Å². The van der Waals surface area contributed by atoms with Crippen molar-refractivity contribution in [3.8, 4) is 11.3 Å². The fourth-order valence-corrected chi connectivity index (χ4v) is 4.87. The van der Waals surface area contributed by atoms with Gasteiger partial charge in [-0.1, -0.05) is 61.0 Å². The highest BCUT2D eigenvalue weighted by Gasteiger charge is 2.28. The molecule has 0 radical (unpaired) electrons. The first-order chi connectivity index (χ1) is 17.2. The largest absolute Gasteiger partial charge is 0.385 e. The van der Waals surface area contributed by atoms with Crippen LogP contribution in [-0.4, -0.2) is 23.7 Å². The number of nitrogens with zero attached hydrogens (tertiary/aromatic N) is 2. The van der Waals surface area contributed by atoms with Crippen molar-refractivity contribution in [1.29, 1.82) is 0 Å². The predicted molar refractivity (Wildman–Crippen MR) is 139 cm³/mol. The number of hydrogen-bond donors (Lipinski definition) is 1. The molecule has 0 aliphatic heterocycles. The van der Waals surface area contributed by atoms with Gasteiger partial charge in [-0.3, -0.25) is 0 Å². The first kappa shape index (κ1) is 23.2. The number of fused-ring (bicyclic) bond motifs is 3. The van der Waals surface area contributed by atoms with Crippen molar-refractivity contribution in [3.63, 3.8) is 0 Å². The number of benzene rings is 3. The number of ether oxygens (including phenoxy) is 1. The van der Waals surface area contributed by atoms with Gasteiger partial charge in [0.05, 0.1) is 5.69 Å². The topological polar surface area (TPSA) is 47.0 Å². The standard InChI is InChI=1S/C30H30FN3O/c1-35-18-8-2-3-9-21-14-16-23(17-15-21)33-30-32-20-22-19-27(25-11-6-7-13-28(25)31)24-10-4-5-12-26(24)29(22)34-30/h4-7,10-17,20,27H,2-3,8-9,18-19H2,1H3,(H,32,33,34)/t27-/m1/s1. The van der Waals surface area contributed by atoms with E-state index in [1.165, 1.54) is 18.1 Å². The molecule has 0 saturated heterocycles. The highest BCUT2D eigenvalue weighted by Crippen LogP contribution is 2.42. The van der Waals surface area contributed by atoms with Gasteiger partial charge < -0.3 is 10.1 Å². The lowest BCUT2D eigenvalue weighted by Gasteiger charge is -2.27. The van der Waals surface area contributed by atoms with Crippen LogP contribution in [0.1, 0.15) is 47.4 Å². The summed E-state index contributed by atoms with van der Waals surface area (Å²) in [6.07, 6.45) is 7.07. The smallest absolute Gasteiger partial charge is 0.227 e. The van der Waals surface area contributed by atoms with Crippen LogP contribution < -0.4 is 5.32 Å². The SMILES string of the molecule is COCCCCCc1ccc(Nc2ncc3c(n2)-c2ccccc2[C@H](c2ccccc2F)C3)cc1. The molecule has 5 rings (SSSR count). The highest BCUT2D eigenvalue weighted by atomic mass is 19.1. The van der Waals surface area contributed by atoms with E-state index < -0.39 is 0 Å². The molecule has 4 aromatic rings. The van der Waals surface area contributed by atoms with E-state index in [1.54, 1.807) is 13.2 Å².